The lowest BCUT2D eigenvalue weighted by Gasteiger charge is -2.17. The molecule has 1 heterocycles. The van der Waals surface area contributed by atoms with Gasteiger partial charge in [0.15, 0.2) is 5.69 Å². The molecule has 32 heavy (non-hydrogen) atoms. The van der Waals surface area contributed by atoms with Gasteiger partial charge >= 0.3 is 0 Å². The first-order valence-corrected chi connectivity index (χ1v) is 11.0. The standard InChI is InChI=1S/C25H26Cl2N2O3/c1-15(2)19-12-20(26)16(3)10-24(19)32-14-18-11-17(7-9-23(18)31-5)6-8-22(30)25-21(27)13-29(4)28-25/h6-13,15H,14H2,1-5H3/b8-6+. The Morgan fingerprint density at radius 1 is 1.16 bits per heavy atom. The summed E-state index contributed by atoms with van der Waals surface area (Å²) in [5.74, 6) is 1.51. The summed E-state index contributed by atoms with van der Waals surface area (Å²) in [5, 5.41) is 5.15. The lowest BCUT2D eigenvalue weighted by Crippen LogP contribution is -2.03. The summed E-state index contributed by atoms with van der Waals surface area (Å²) >= 11 is 12.4. The van der Waals surface area contributed by atoms with Gasteiger partial charge in [0.25, 0.3) is 0 Å². The number of hydrogen-bond acceptors (Lipinski definition) is 4. The van der Waals surface area contributed by atoms with Crippen molar-refractivity contribution in [3.8, 4) is 11.5 Å². The molecule has 3 aromatic rings. The average Bonchev–Trinajstić information content (AvgIpc) is 3.10. The number of nitrogens with zero attached hydrogens (tertiary/aromatic N) is 2. The van der Waals surface area contributed by atoms with Gasteiger partial charge in [-0.05, 0) is 59.9 Å². The second-order valence-corrected chi connectivity index (χ2v) is 8.67. The third-order valence-electron chi connectivity index (χ3n) is 5.05. The van der Waals surface area contributed by atoms with Crippen molar-refractivity contribution in [2.24, 2.45) is 7.05 Å². The fourth-order valence-corrected chi connectivity index (χ4v) is 3.74. The third-order valence-corrected chi connectivity index (χ3v) is 5.73. The van der Waals surface area contributed by atoms with Crippen molar-refractivity contribution in [3.63, 3.8) is 0 Å². The summed E-state index contributed by atoms with van der Waals surface area (Å²) in [6.07, 6.45) is 4.78. The number of rotatable bonds is 8. The molecule has 0 bridgehead atoms. The van der Waals surface area contributed by atoms with Gasteiger partial charge in [0.2, 0.25) is 5.78 Å². The maximum atomic E-state index is 12.4. The summed E-state index contributed by atoms with van der Waals surface area (Å²) in [4.78, 5) is 12.4. The van der Waals surface area contributed by atoms with Crippen LogP contribution in [-0.4, -0.2) is 22.7 Å². The molecule has 0 fully saturated rings. The molecule has 0 saturated heterocycles. The van der Waals surface area contributed by atoms with E-state index in [1.807, 2.05) is 37.3 Å². The number of aryl methyl sites for hydroxylation is 2. The summed E-state index contributed by atoms with van der Waals surface area (Å²) in [6, 6.07) is 9.58. The van der Waals surface area contributed by atoms with Crippen molar-refractivity contribution in [2.45, 2.75) is 33.3 Å². The smallest absolute Gasteiger partial charge is 0.207 e. The number of methoxy groups -OCH3 is 1. The van der Waals surface area contributed by atoms with E-state index in [1.165, 1.54) is 10.8 Å². The van der Waals surface area contributed by atoms with Crippen LogP contribution in [0.15, 0.2) is 42.6 Å². The van der Waals surface area contributed by atoms with E-state index < -0.39 is 0 Å². The summed E-state index contributed by atoms with van der Waals surface area (Å²) in [6.45, 7) is 6.47. The van der Waals surface area contributed by atoms with Crippen molar-refractivity contribution >= 4 is 35.1 Å². The van der Waals surface area contributed by atoms with Crippen LogP contribution >= 0.6 is 23.2 Å². The largest absolute Gasteiger partial charge is 0.496 e. The van der Waals surface area contributed by atoms with Crippen LogP contribution in [0.2, 0.25) is 10.0 Å². The number of allylic oxidation sites excluding steroid dienone is 1. The Kier molecular flexibility index (Phi) is 7.64. The maximum Gasteiger partial charge on any atom is 0.207 e. The number of benzene rings is 2. The molecule has 0 aliphatic carbocycles. The van der Waals surface area contributed by atoms with E-state index in [0.717, 1.165) is 33.0 Å². The third kappa shape index (κ3) is 5.53. The van der Waals surface area contributed by atoms with Gasteiger partial charge in [-0.15, -0.1) is 0 Å². The summed E-state index contributed by atoms with van der Waals surface area (Å²) in [5.41, 5.74) is 3.93. The minimum absolute atomic E-state index is 0.224. The molecule has 0 atom stereocenters. The van der Waals surface area contributed by atoms with Gasteiger partial charge < -0.3 is 9.47 Å². The SMILES string of the molecule is COc1ccc(/C=C/C(=O)c2nn(C)cc2Cl)cc1COc1cc(C)c(Cl)cc1C(C)C. The fraction of sp³-hybridized carbons (Fsp3) is 0.280. The molecule has 0 aliphatic heterocycles. The molecule has 7 heteroatoms. The van der Waals surface area contributed by atoms with Gasteiger partial charge in [-0.1, -0.05) is 49.2 Å². The minimum atomic E-state index is -0.262. The van der Waals surface area contributed by atoms with Gasteiger partial charge in [0.05, 0.1) is 12.1 Å². The normalized spacial score (nSPS) is 11.4. The van der Waals surface area contributed by atoms with Crippen molar-refractivity contribution in [1.82, 2.24) is 9.78 Å². The molecular weight excluding hydrogens is 447 g/mol. The molecule has 0 amide bonds. The topological polar surface area (TPSA) is 53.3 Å². The monoisotopic (exact) mass is 472 g/mol. The van der Waals surface area contributed by atoms with E-state index >= 15 is 0 Å². The molecular formula is C25H26Cl2N2O3. The molecule has 1 aromatic heterocycles. The van der Waals surface area contributed by atoms with Crippen LogP contribution in [0.1, 0.15) is 52.5 Å². The molecule has 0 saturated carbocycles. The highest BCUT2D eigenvalue weighted by atomic mass is 35.5. The first-order chi connectivity index (χ1) is 15.2. The Morgan fingerprint density at radius 3 is 2.53 bits per heavy atom. The molecule has 0 aliphatic rings. The Balaban J connectivity index is 1.82. The maximum absolute atomic E-state index is 12.4. The number of aromatic nitrogens is 2. The number of carbonyl (C=O) groups is 1. The quantitative estimate of drug-likeness (QED) is 0.272. The summed E-state index contributed by atoms with van der Waals surface area (Å²) in [7, 11) is 3.34. The van der Waals surface area contributed by atoms with E-state index in [0.29, 0.717) is 17.4 Å². The van der Waals surface area contributed by atoms with Gasteiger partial charge in [0.1, 0.15) is 18.1 Å². The highest BCUT2D eigenvalue weighted by Gasteiger charge is 2.14. The molecule has 5 nitrogen and oxygen atoms in total. The Bertz CT molecular complexity index is 1170. The van der Waals surface area contributed by atoms with Crippen LogP contribution in [0.5, 0.6) is 11.5 Å². The van der Waals surface area contributed by atoms with Crippen LogP contribution in [0.3, 0.4) is 0 Å². The predicted molar refractivity (Wildman–Crippen MR) is 129 cm³/mol. The molecule has 2 aromatic carbocycles. The number of ether oxygens (including phenoxy) is 2. The van der Waals surface area contributed by atoms with Gasteiger partial charge in [-0.25, -0.2) is 0 Å². The average molecular weight is 473 g/mol. The van der Waals surface area contributed by atoms with Crippen molar-refractivity contribution in [3.05, 3.63) is 80.6 Å². The van der Waals surface area contributed by atoms with E-state index in [4.69, 9.17) is 32.7 Å². The number of carbonyl (C=O) groups excluding carboxylic acids is 1. The minimum Gasteiger partial charge on any atom is -0.496 e. The summed E-state index contributed by atoms with van der Waals surface area (Å²) < 4.78 is 13.2. The Hall–Kier alpha value is -2.76. The number of ketones is 1. The van der Waals surface area contributed by atoms with Crippen LogP contribution < -0.4 is 9.47 Å². The lowest BCUT2D eigenvalue weighted by atomic mass is 10.0. The van der Waals surface area contributed by atoms with Gasteiger partial charge in [0, 0.05) is 23.8 Å². The Labute approximate surface area is 198 Å². The van der Waals surface area contributed by atoms with E-state index in [-0.39, 0.29) is 17.4 Å². The van der Waals surface area contributed by atoms with Crippen molar-refractivity contribution < 1.29 is 14.3 Å². The van der Waals surface area contributed by atoms with Gasteiger partial charge in [-0.2, -0.15) is 5.10 Å². The van der Waals surface area contributed by atoms with Crippen LogP contribution in [0, 0.1) is 6.92 Å². The zero-order chi connectivity index (χ0) is 23.4. The first kappa shape index (κ1) is 23.9. The van der Waals surface area contributed by atoms with Crippen molar-refractivity contribution in [2.75, 3.05) is 7.11 Å². The van der Waals surface area contributed by atoms with E-state index in [9.17, 15) is 4.79 Å². The van der Waals surface area contributed by atoms with Crippen LogP contribution in [0.4, 0.5) is 0 Å². The van der Waals surface area contributed by atoms with E-state index in [1.54, 1.807) is 26.4 Å². The predicted octanol–water partition coefficient (Wildman–Crippen LogP) is 6.64. The molecule has 0 N–H and O–H groups in total. The zero-order valence-electron chi connectivity index (χ0n) is 18.8. The number of halogens is 2. The van der Waals surface area contributed by atoms with Gasteiger partial charge in [-0.3, -0.25) is 9.48 Å². The highest BCUT2D eigenvalue weighted by Crippen LogP contribution is 2.33. The molecule has 168 valence electrons. The fourth-order valence-electron chi connectivity index (χ4n) is 3.29. The number of hydrogen-bond donors (Lipinski definition) is 0. The highest BCUT2D eigenvalue weighted by molar-refractivity contribution is 6.34. The van der Waals surface area contributed by atoms with Crippen LogP contribution in [-0.2, 0) is 13.7 Å². The molecule has 0 spiro atoms. The van der Waals surface area contributed by atoms with E-state index in [2.05, 4.69) is 18.9 Å². The van der Waals surface area contributed by atoms with Crippen LogP contribution in [0.25, 0.3) is 6.08 Å². The second kappa shape index (κ2) is 10.2. The first-order valence-electron chi connectivity index (χ1n) is 10.2. The lowest BCUT2D eigenvalue weighted by molar-refractivity contribution is 0.104. The molecule has 3 rings (SSSR count). The molecule has 0 radical (unpaired) electrons. The van der Waals surface area contributed by atoms with Crippen molar-refractivity contribution in [1.29, 1.82) is 0 Å². The zero-order valence-corrected chi connectivity index (χ0v) is 20.3. The Morgan fingerprint density at radius 2 is 1.91 bits per heavy atom. The molecule has 0 unspecified atom stereocenters. The second-order valence-electron chi connectivity index (χ2n) is 7.85.